The summed E-state index contributed by atoms with van der Waals surface area (Å²) in [5.41, 5.74) is 4.84. The Labute approximate surface area is 211 Å². The Bertz CT molecular complexity index is 1260. The molecule has 7 heteroatoms. The summed E-state index contributed by atoms with van der Waals surface area (Å²) in [4.78, 5) is 20.7. The SMILES string of the molecule is Cc1sc(N(C)Cc2ccc(C(=O)NCc3cccc(Cl)c3)cc2)nc1-c1ccc(Br)cc1. The monoisotopic (exact) mass is 539 g/mol. The van der Waals surface area contributed by atoms with Gasteiger partial charge in [-0.1, -0.05) is 63.9 Å². The fourth-order valence-electron chi connectivity index (χ4n) is 3.46. The van der Waals surface area contributed by atoms with Crippen molar-refractivity contribution in [1.82, 2.24) is 10.3 Å². The molecule has 1 heterocycles. The van der Waals surface area contributed by atoms with Gasteiger partial charge in [0.25, 0.3) is 5.91 Å². The maximum atomic E-state index is 12.5. The van der Waals surface area contributed by atoms with Crippen LogP contribution in [0.5, 0.6) is 0 Å². The molecular weight excluding hydrogens is 518 g/mol. The fourth-order valence-corrected chi connectivity index (χ4v) is 4.82. The normalized spacial score (nSPS) is 10.8. The second kappa shape index (κ2) is 10.5. The first kappa shape index (κ1) is 23.5. The number of carbonyl (C=O) groups is 1. The van der Waals surface area contributed by atoms with Crippen LogP contribution >= 0.6 is 38.9 Å². The third-order valence-corrected chi connectivity index (χ3v) is 7.06. The second-order valence-corrected chi connectivity index (χ2v) is 10.3. The number of aryl methyl sites for hydroxylation is 1. The molecule has 0 bridgehead atoms. The zero-order valence-corrected chi connectivity index (χ0v) is 21.5. The molecule has 1 amide bonds. The lowest BCUT2D eigenvalue weighted by Crippen LogP contribution is -2.23. The molecule has 0 saturated carbocycles. The predicted molar refractivity (Wildman–Crippen MR) is 141 cm³/mol. The van der Waals surface area contributed by atoms with Crippen LogP contribution in [0.15, 0.2) is 77.3 Å². The molecule has 0 aliphatic heterocycles. The van der Waals surface area contributed by atoms with Gasteiger partial charge in [0.15, 0.2) is 5.13 Å². The molecule has 33 heavy (non-hydrogen) atoms. The Hall–Kier alpha value is -2.67. The number of thiazole rings is 1. The largest absolute Gasteiger partial charge is 0.348 e. The Morgan fingerprint density at radius 2 is 1.79 bits per heavy atom. The summed E-state index contributed by atoms with van der Waals surface area (Å²) in [6, 6.07) is 23.4. The number of benzene rings is 3. The number of nitrogens with one attached hydrogen (secondary N) is 1. The first-order valence-corrected chi connectivity index (χ1v) is 12.4. The van der Waals surface area contributed by atoms with E-state index in [2.05, 4.69) is 45.2 Å². The van der Waals surface area contributed by atoms with Gasteiger partial charge in [0.1, 0.15) is 0 Å². The number of rotatable bonds is 7. The number of nitrogens with zero attached hydrogens (tertiary/aromatic N) is 2. The van der Waals surface area contributed by atoms with Crippen molar-refractivity contribution in [2.45, 2.75) is 20.0 Å². The van der Waals surface area contributed by atoms with Crippen molar-refractivity contribution in [2.24, 2.45) is 0 Å². The number of halogens is 2. The highest BCUT2D eigenvalue weighted by Crippen LogP contribution is 2.33. The summed E-state index contributed by atoms with van der Waals surface area (Å²) in [5, 5.41) is 4.57. The van der Waals surface area contributed by atoms with E-state index in [-0.39, 0.29) is 5.91 Å². The second-order valence-electron chi connectivity index (χ2n) is 7.77. The highest BCUT2D eigenvalue weighted by atomic mass is 79.9. The van der Waals surface area contributed by atoms with Gasteiger partial charge in [0.05, 0.1) is 5.69 Å². The molecule has 1 N–H and O–H groups in total. The van der Waals surface area contributed by atoms with Crippen molar-refractivity contribution in [3.8, 4) is 11.3 Å². The number of carbonyl (C=O) groups excluding carboxylic acids is 1. The smallest absolute Gasteiger partial charge is 0.251 e. The van der Waals surface area contributed by atoms with E-state index in [9.17, 15) is 4.79 Å². The fraction of sp³-hybridized carbons (Fsp3) is 0.154. The zero-order valence-electron chi connectivity index (χ0n) is 18.3. The summed E-state index contributed by atoms with van der Waals surface area (Å²) in [7, 11) is 2.04. The minimum Gasteiger partial charge on any atom is -0.348 e. The quantitative estimate of drug-likeness (QED) is 0.272. The van der Waals surface area contributed by atoms with Gasteiger partial charge < -0.3 is 10.2 Å². The lowest BCUT2D eigenvalue weighted by Gasteiger charge is -2.16. The zero-order chi connectivity index (χ0) is 23.4. The van der Waals surface area contributed by atoms with Crippen molar-refractivity contribution in [1.29, 1.82) is 0 Å². The minimum atomic E-state index is -0.107. The molecule has 0 atom stereocenters. The highest BCUT2D eigenvalue weighted by Gasteiger charge is 2.14. The summed E-state index contributed by atoms with van der Waals surface area (Å²) in [5.74, 6) is -0.107. The molecule has 3 aromatic carbocycles. The maximum absolute atomic E-state index is 12.5. The van der Waals surface area contributed by atoms with E-state index in [0.29, 0.717) is 23.7 Å². The van der Waals surface area contributed by atoms with E-state index in [0.717, 1.165) is 32.0 Å². The van der Waals surface area contributed by atoms with E-state index in [1.54, 1.807) is 11.3 Å². The number of hydrogen-bond donors (Lipinski definition) is 1. The van der Waals surface area contributed by atoms with Gasteiger partial charge in [-0.2, -0.15) is 0 Å². The van der Waals surface area contributed by atoms with Gasteiger partial charge in [0.2, 0.25) is 0 Å². The molecule has 0 unspecified atom stereocenters. The molecule has 4 rings (SSSR count). The molecule has 1 aromatic heterocycles. The molecule has 0 aliphatic rings. The molecule has 4 nitrogen and oxygen atoms in total. The summed E-state index contributed by atoms with van der Waals surface area (Å²) >= 11 is 11.2. The van der Waals surface area contributed by atoms with Crippen molar-refractivity contribution in [2.75, 3.05) is 11.9 Å². The Balaban J connectivity index is 1.38. The van der Waals surface area contributed by atoms with Crippen LogP contribution in [0.25, 0.3) is 11.3 Å². The van der Waals surface area contributed by atoms with E-state index in [4.69, 9.17) is 16.6 Å². The lowest BCUT2D eigenvalue weighted by atomic mass is 10.1. The van der Waals surface area contributed by atoms with E-state index in [1.165, 1.54) is 4.88 Å². The Kier molecular flexibility index (Phi) is 7.48. The molecule has 0 fully saturated rings. The molecule has 0 aliphatic carbocycles. The van der Waals surface area contributed by atoms with Crippen LogP contribution < -0.4 is 10.2 Å². The van der Waals surface area contributed by atoms with Crippen LogP contribution in [0.3, 0.4) is 0 Å². The van der Waals surface area contributed by atoms with Crippen LogP contribution in [0.2, 0.25) is 5.02 Å². The van der Waals surface area contributed by atoms with E-state index >= 15 is 0 Å². The van der Waals surface area contributed by atoms with Gasteiger partial charge in [0, 0.05) is 45.6 Å². The standard InChI is InChI=1S/C26H23BrClN3OS/c1-17-24(20-10-12-22(27)13-11-20)30-26(33-17)31(2)16-18-6-8-21(9-7-18)25(32)29-15-19-4-3-5-23(28)14-19/h3-14H,15-16H2,1-2H3,(H,29,32). The number of amides is 1. The molecule has 168 valence electrons. The number of hydrogen-bond acceptors (Lipinski definition) is 4. The van der Waals surface area contributed by atoms with Crippen LogP contribution in [0.1, 0.15) is 26.4 Å². The maximum Gasteiger partial charge on any atom is 0.251 e. The average Bonchev–Trinajstić information content (AvgIpc) is 3.20. The third kappa shape index (κ3) is 6.02. The highest BCUT2D eigenvalue weighted by molar-refractivity contribution is 9.10. The van der Waals surface area contributed by atoms with E-state index in [1.807, 2.05) is 67.7 Å². The topological polar surface area (TPSA) is 45.2 Å². The first-order chi connectivity index (χ1) is 15.9. The molecule has 0 radical (unpaired) electrons. The van der Waals surface area contributed by atoms with Crippen molar-refractivity contribution >= 4 is 49.9 Å². The average molecular weight is 541 g/mol. The van der Waals surface area contributed by atoms with Crippen LogP contribution in [-0.4, -0.2) is 17.9 Å². The molecular formula is C26H23BrClN3OS. The number of aromatic nitrogens is 1. The predicted octanol–water partition coefficient (Wildman–Crippen LogP) is 7.10. The van der Waals surface area contributed by atoms with Crippen LogP contribution in [-0.2, 0) is 13.1 Å². The lowest BCUT2D eigenvalue weighted by molar-refractivity contribution is 0.0951. The minimum absolute atomic E-state index is 0.107. The van der Waals surface area contributed by atoms with Gasteiger partial charge in [-0.15, -0.1) is 11.3 Å². The summed E-state index contributed by atoms with van der Waals surface area (Å²) in [6.07, 6.45) is 0. The molecule has 0 spiro atoms. The molecule has 0 saturated heterocycles. The summed E-state index contributed by atoms with van der Waals surface area (Å²) in [6.45, 7) is 3.24. The van der Waals surface area contributed by atoms with Gasteiger partial charge in [-0.3, -0.25) is 4.79 Å². The first-order valence-electron chi connectivity index (χ1n) is 10.4. The Morgan fingerprint density at radius 3 is 2.48 bits per heavy atom. The van der Waals surface area contributed by atoms with Crippen molar-refractivity contribution in [3.63, 3.8) is 0 Å². The Morgan fingerprint density at radius 1 is 1.06 bits per heavy atom. The van der Waals surface area contributed by atoms with Gasteiger partial charge >= 0.3 is 0 Å². The van der Waals surface area contributed by atoms with Gasteiger partial charge in [-0.25, -0.2) is 4.98 Å². The summed E-state index contributed by atoms with van der Waals surface area (Å²) < 4.78 is 1.05. The van der Waals surface area contributed by atoms with Crippen LogP contribution in [0.4, 0.5) is 5.13 Å². The number of anilines is 1. The van der Waals surface area contributed by atoms with E-state index < -0.39 is 0 Å². The third-order valence-electron chi connectivity index (χ3n) is 5.21. The van der Waals surface area contributed by atoms with Crippen LogP contribution in [0, 0.1) is 6.92 Å². The molecule has 4 aromatic rings. The van der Waals surface area contributed by atoms with Gasteiger partial charge in [-0.05, 0) is 54.4 Å². The van der Waals surface area contributed by atoms with Crippen molar-refractivity contribution < 1.29 is 4.79 Å². The van der Waals surface area contributed by atoms with Crippen molar-refractivity contribution in [3.05, 3.63) is 104 Å².